The van der Waals surface area contributed by atoms with E-state index in [0.29, 0.717) is 29.4 Å². The molecule has 0 aliphatic carbocycles. The maximum Gasteiger partial charge on any atom is 0.255 e. The van der Waals surface area contributed by atoms with Crippen LogP contribution in [0.5, 0.6) is 5.88 Å². The number of rotatable bonds is 5. The molecule has 1 aromatic heterocycles. The van der Waals surface area contributed by atoms with E-state index in [1.54, 1.807) is 30.3 Å². The highest BCUT2D eigenvalue weighted by Gasteiger charge is 2.38. The van der Waals surface area contributed by atoms with Gasteiger partial charge in [-0.2, -0.15) is 0 Å². The molecule has 0 unspecified atom stereocenters. The highest BCUT2D eigenvalue weighted by molar-refractivity contribution is 6.09. The first-order valence-electron chi connectivity index (χ1n) is 7.89. The van der Waals surface area contributed by atoms with E-state index in [0.717, 1.165) is 5.56 Å². The number of hydrogen-bond acceptors (Lipinski definition) is 4. The molecule has 0 fully saturated rings. The van der Waals surface area contributed by atoms with Crippen LogP contribution >= 0.6 is 0 Å². The molecule has 6 heteroatoms. The van der Waals surface area contributed by atoms with Gasteiger partial charge in [-0.05, 0) is 37.6 Å². The summed E-state index contributed by atoms with van der Waals surface area (Å²) in [5.41, 5.74) is 1.99. The summed E-state index contributed by atoms with van der Waals surface area (Å²) in [6.07, 6.45) is 3.15. The van der Waals surface area contributed by atoms with Crippen molar-refractivity contribution in [3.63, 3.8) is 0 Å². The van der Waals surface area contributed by atoms with Crippen molar-refractivity contribution in [2.75, 3.05) is 17.2 Å². The monoisotopic (exact) mass is 337 g/mol. The van der Waals surface area contributed by atoms with E-state index < -0.39 is 5.41 Å². The number of amides is 2. The summed E-state index contributed by atoms with van der Waals surface area (Å²) in [7, 11) is 0. The normalized spacial score (nSPS) is 14.4. The molecule has 0 spiro atoms. The van der Waals surface area contributed by atoms with E-state index in [9.17, 15) is 9.59 Å². The number of anilines is 2. The van der Waals surface area contributed by atoms with E-state index >= 15 is 0 Å². The minimum atomic E-state index is -0.588. The Balaban J connectivity index is 1.73. The Morgan fingerprint density at radius 3 is 2.84 bits per heavy atom. The lowest BCUT2D eigenvalue weighted by atomic mass is 9.86. The Morgan fingerprint density at radius 1 is 1.36 bits per heavy atom. The van der Waals surface area contributed by atoms with E-state index in [1.807, 2.05) is 19.9 Å². The number of ether oxygens (including phenoxy) is 1. The standard InChI is InChI=1S/C19H19N3O3/c1-4-9-25-16-8-6-13(11-20-16)21-17(23)12-5-7-14-15(10-12)22-18(24)19(14,2)3/h4-8,10-11H,1,9H2,2-3H3,(H,21,23)(H,22,24). The number of nitrogens with zero attached hydrogens (tertiary/aromatic N) is 1. The molecule has 2 N–H and O–H groups in total. The van der Waals surface area contributed by atoms with Crippen molar-refractivity contribution in [2.24, 2.45) is 0 Å². The number of pyridine rings is 1. The van der Waals surface area contributed by atoms with Gasteiger partial charge < -0.3 is 15.4 Å². The van der Waals surface area contributed by atoms with Gasteiger partial charge in [0.15, 0.2) is 0 Å². The van der Waals surface area contributed by atoms with Gasteiger partial charge in [0, 0.05) is 17.3 Å². The van der Waals surface area contributed by atoms with Crippen LogP contribution in [0.4, 0.5) is 11.4 Å². The number of carbonyl (C=O) groups excluding carboxylic acids is 2. The lowest BCUT2D eigenvalue weighted by molar-refractivity contribution is -0.119. The molecule has 1 aromatic carbocycles. The minimum absolute atomic E-state index is 0.0700. The molecule has 0 radical (unpaired) electrons. The van der Waals surface area contributed by atoms with Crippen molar-refractivity contribution in [1.29, 1.82) is 0 Å². The lowest BCUT2D eigenvalue weighted by Gasteiger charge is -2.15. The van der Waals surface area contributed by atoms with Crippen LogP contribution in [0.15, 0.2) is 49.2 Å². The van der Waals surface area contributed by atoms with Gasteiger partial charge in [-0.15, -0.1) is 0 Å². The van der Waals surface area contributed by atoms with Crippen LogP contribution < -0.4 is 15.4 Å². The fourth-order valence-electron chi connectivity index (χ4n) is 2.62. The molecule has 3 rings (SSSR count). The van der Waals surface area contributed by atoms with Crippen LogP contribution in [0, 0.1) is 0 Å². The van der Waals surface area contributed by atoms with Crippen LogP contribution in [0.3, 0.4) is 0 Å². The third-order valence-corrected chi connectivity index (χ3v) is 4.11. The predicted octanol–water partition coefficient (Wildman–Crippen LogP) is 3.13. The number of fused-ring (bicyclic) bond motifs is 1. The SMILES string of the molecule is C=CCOc1ccc(NC(=O)c2ccc3c(c2)NC(=O)C3(C)C)cn1. The van der Waals surface area contributed by atoms with Crippen molar-refractivity contribution in [2.45, 2.75) is 19.3 Å². The Hall–Kier alpha value is -3.15. The summed E-state index contributed by atoms with van der Waals surface area (Å²) in [5.74, 6) is 0.114. The number of benzene rings is 1. The third kappa shape index (κ3) is 3.24. The van der Waals surface area contributed by atoms with Gasteiger partial charge in [-0.3, -0.25) is 9.59 Å². The van der Waals surface area contributed by atoms with Crippen molar-refractivity contribution in [1.82, 2.24) is 4.98 Å². The molecule has 0 bridgehead atoms. The maximum atomic E-state index is 12.4. The Bertz CT molecular complexity index is 841. The fourth-order valence-corrected chi connectivity index (χ4v) is 2.62. The van der Waals surface area contributed by atoms with E-state index in [-0.39, 0.29) is 11.8 Å². The topological polar surface area (TPSA) is 80.3 Å². The zero-order chi connectivity index (χ0) is 18.0. The molecule has 6 nitrogen and oxygen atoms in total. The van der Waals surface area contributed by atoms with Crippen molar-refractivity contribution in [3.05, 3.63) is 60.3 Å². The second-order valence-corrected chi connectivity index (χ2v) is 6.28. The molecule has 0 atom stereocenters. The number of nitrogens with one attached hydrogen (secondary N) is 2. The molecular weight excluding hydrogens is 318 g/mol. The largest absolute Gasteiger partial charge is 0.473 e. The smallest absolute Gasteiger partial charge is 0.255 e. The van der Waals surface area contributed by atoms with E-state index in [2.05, 4.69) is 22.2 Å². The molecule has 25 heavy (non-hydrogen) atoms. The van der Waals surface area contributed by atoms with Gasteiger partial charge in [0.25, 0.3) is 5.91 Å². The second-order valence-electron chi connectivity index (χ2n) is 6.28. The zero-order valence-corrected chi connectivity index (χ0v) is 14.1. The highest BCUT2D eigenvalue weighted by atomic mass is 16.5. The second kappa shape index (κ2) is 6.39. The average Bonchev–Trinajstić information content (AvgIpc) is 2.83. The molecule has 128 valence electrons. The van der Waals surface area contributed by atoms with Gasteiger partial charge in [-0.25, -0.2) is 4.98 Å². The predicted molar refractivity (Wildman–Crippen MR) is 96.0 cm³/mol. The summed E-state index contributed by atoms with van der Waals surface area (Å²) in [6, 6.07) is 8.59. The first kappa shape index (κ1) is 16.7. The minimum Gasteiger partial charge on any atom is -0.473 e. The molecule has 0 saturated heterocycles. The summed E-state index contributed by atoms with van der Waals surface area (Å²) in [6.45, 7) is 7.65. The third-order valence-electron chi connectivity index (χ3n) is 4.11. The molecule has 2 heterocycles. The fraction of sp³-hybridized carbons (Fsp3) is 0.211. The summed E-state index contributed by atoms with van der Waals surface area (Å²) in [4.78, 5) is 28.5. The Labute approximate surface area is 145 Å². The van der Waals surface area contributed by atoms with Crippen LogP contribution in [-0.2, 0) is 10.2 Å². The Kier molecular flexibility index (Phi) is 4.27. The molecule has 1 aliphatic heterocycles. The first-order chi connectivity index (χ1) is 11.9. The molecule has 2 aromatic rings. The highest BCUT2D eigenvalue weighted by Crippen LogP contribution is 2.37. The number of aromatic nitrogens is 1. The summed E-state index contributed by atoms with van der Waals surface area (Å²) < 4.78 is 5.30. The molecule has 2 amide bonds. The van der Waals surface area contributed by atoms with Gasteiger partial charge in [0.1, 0.15) is 6.61 Å². The quantitative estimate of drug-likeness (QED) is 0.822. The van der Waals surface area contributed by atoms with Gasteiger partial charge in [0.2, 0.25) is 11.8 Å². The van der Waals surface area contributed by atoms with Gasteiger partial charge >= 0.3 is 0 Å². The maximum absolute atomic E-state index is 12.4. The molecular formula is C19H19N3O3. The van der Waals surface area contributed by atoms with Crippen LogP contribution in [0.2, 0.25) is 0 Å². The van der Waals surface area contributed by atoms with Crippen LogP contribution in [0.1, 0.15) is 29.8 Å². The van der Waals surface area contributed by atoms with Crippen LogP contribution in [0.25, 0.3) is 0 Å². The van der Waals surface area contributed by atoms with Crippen molar-refractivity contribution in [3.8, 4) is 5.88 Å². The first-order valence-corrected chi connectivity index (χ1v) is 7.89. The van der Waals surface area contributed by atoms with Crippen LogP contribution in [-0.4, -0.2) is 23.4 Å². The van der Waals surface area contributed by atoms with E-state index in [4.69, 9.17) is 4.74 Å². The number of hydrogen-bond donors (Lipinski definition) is 2. The summed E-state index contributed by atoms with van der Waals surface area (Å²) in [5, 5.41) is 5.59. The summed E-state index contributed by atoms with van der Waals surface area (Å²) >= 11 is 0. The van der Waals surface area contributed by atoms with Gasteiger partial charge in [-0.1, -0.05) is 18.7 Å². The zero-order valence-electron chi connectivity index (χ0n) is 14.1. The lowest BCUT2D eigenvalue weighted by Crippen LogP contribution is -2.26. The van der Waals surface area contributed by atoms with E-state index in [1.165, 1.54) is 6.20 Å². The van der Waals surface area contributed by atoms with Gasteiger partial charge in [0.05, 0.1) is 17.3 Å². The number of carbonyl (C=O) groups is 2. The Morgan fingerprint density at radius 2 is 2.16 bits per heavy atom. The molecule has 1 aliphatic rings. The van der Waals surface area contributed by atoms with Crippen molar-refractivity contribution < 1.29 is 14.3 Å². The molecule has 0 saturated carbocycles. The average molecular weight is 337 g/mol. The van der Waals surface area contributed by atoms with Crippen molar-refractivity contribution >= 4 is 23.2 Å².